The molecule has 0 aromatic heterocycles. The summed E-state index contributed by atoms with van der Waals surface area (Å²) in [5.74, 6) is -2.64. The maximum Gasteiger partial charge on any atom is 0.349 e. The van der Waals surface area contributed by atoms with Crippen LogP contribution in [0.4, 0.5) is 5.69 Å². The van der Waals surface area contributed by atoms with Crippen molar-refractivity contribution in [1.82, 2.24) is 0 Å². The van der Waals surface area contributed by atoms with Crippen molar-refractivity contribution in [3.05, 3.63) is 100 Å². The summed E-state index contributed by atoms with van der Waals surface area (Å²) in [5, 5.41) is 27.7. The van der Waals surface area contributed by atoms with Gasteiger partial charge in [-0.1, -0.05) is 61.9 Å². The van der Waals surface area contributed by atoms with Crippen LogP contribution in [0, 0.1) is 34.0 Å². The molecule has 0 radical (unpaired) electrons. The number of likely N-dealkylation sites (N-methyl/N-ethyl adjacent to an activating group) is 1. The molecule has 0 saturated carbocycles. The number of allylic oxidation sites excluding steroid dienone is 1. The molecule has 3 aromatic carbocycles. The number of ether oxygens (including phenoxy) is 4. The Balaban J connectivity index is 1.24. The fourth-order valence-electron chi connectivity index (χ4n) is 5.36. The minimum absolute atomic E-state index is 0.00271. The number of hydrogen-bond acceptors (Lipinski definition) is 12. The topological polar surface area (TPSA) is 180 Å². The SMILES string of the molecule is CCCCOC(=O)/C(C#N)=C1\c2ccccc2-c2c(C(=O)OCCOC(=O)CCC(=O)OCCN(C)c3ccc(C=C(C#N)C#N)cc3)cccc21. The second kappa shape index (κ2) is 18.9. The molecule has 0 aliphatic heterocycles. The van der Waals surface area contributed by atoms with Gasteiger partial charge in [0.1, 0.15) is 49.2 Å². The zero-order valence-electron chi connectivity index (χ0n) is 28.8. The quantitative estimate of drug-likeness (QED) is 0.0443. The van der Waals surface area contributed by atoms with Crippen molar-refractivity contribution in [1.29, 1.82) is 15.8 Å². The van der Waals surface area contributed by atoms with Crippen LogP contribution in [0.3, 0.4) is 0 Å². The predicted molar refractivity (Wildman–Crippen MR) is 190 cm³/mol. The van der Waals surface area contributed by atoms with Crippen LogP contribution in [0.1, 0.15) is 59.7 Å². The second-order valence-corrected chi connectivity index (χ2v) is 11.5. The monoisotopic (exact) mass is 700 g/mol. The van der Waals surface area contributed by atoms with E-state index >= 15 is 0 Å². The van der Waals surface area contributed by atoms with Crippen molar-refractivity contribution >= 4 is 41.2 Å². The molecule has 0 saturated heterocycles. The first-order chi connectivity index (χ1) is 25.2. The average Bonchev–Trinajstić information content (AvgIpc) is 3.49. The Morgan fingerprint density at radius 1 is 0.712 bits per heavy atom. The van der Waals surface area contributed by atoms with Gasteiger partial charge in [-0.15, -0.1) is 0 Å². The zero-order chi connectivity index (χ0) is 37.5. The van der Waals surface area contributed by atoms with E-state index in [9.17, 15) is 24.4 Å². The van der Waals surface area contributed by atoms with E-state index in [1.807, 2.05) is 49.2 Å². The lowest BCUT2D eigenvalue weighted by atomic mass is 9.97. The molecule has 0 heterocycles. The lowest BCUT2D eigenvalue weighted by Gasteiger charge is -2.19. The Kier molecular flexibility index (Phi) is 13.8. The number of nitriles is 3. The molecule has 0 bridgehead atoms. The first kappa shape index (κ1) is 38.1. The van der Waals surface area contributed by atoms with Gasteiger partial charge in [-0.3, -0.25) is 9.59 Å². The van der Waals surface area contributed by atoms with Gasteiger partial charge in [0.25, 0.3) is 0 Å². The lowest BCUT2D eigenvalue weighted by Crippen LogP contribution is -2.24. The number of anilines is 1. The number of esters is 4. The van der Waals surface area contributed by atoms with Crippen LogP contribution in [0.15, 0.2) is 77.9 Å². The van der Waals surface area contributed by atoms with Crippen molar-refractivity contribution in [2.24, 2.45) is 0 Å². The van der Waals surface area contributed by atoms with E-state index in [1.165, 1.54) is 6.08 Å². The third-order valence-corrected chi connectivity index (χ3v) is 8.00. The van der Waals surface area contributed by atoms with E-state index in [-0.39, 0.29) is 56.0 Å². The number of hydrogen-bond donors (Lipinski definition) is 0. The Labute approximate surface area is 301 Å². The molecule has 1 aliphatic carbocycles. The van der Waals surface area contributed by atoms with Crippen LogP contribution in [0.2, 0.25) is 0 Å². The van der Waals surface area contributed by atoms with Gasteiger partial charge < -0.3 is 23.8 Å². The largest absolute Gasteiger partial charge is 0.464 e. The van der Waals surface area contributed by atoms with Crippen molar-refractivity contribution in [3.8, 4) is 29.3 Å². The van der Waals surface area contributed by atoms with Crippen molar-refractivity contribution in [3.63, 3.8) is 0 Å². The molecule has 1 aliphatic rings. The zero-order valence-corrected chi connectivity index (χ0v) is 28.8. The summed E-state index contributed by atoms with van der Waals surface area (Å²) in [5.41, 5.74) is 4.33. The third-order valence-electron chi connectivity index (χ3n) is 8.00. The molecule has 3 aromatic rings. The summed E-state index contributed by atoms with van der Waals surface area (Å²) < 4.78 is 21.1. The van der Waals surface area contributed by atoms with E-state index in [4.69, 9.17) is 29.5 Å². The van der Waals surface area contributed by atoms with Gasteiger partial charge in [0.15, 0.2) is 0 Å². The lowest BCUT2D eigenvalue weighted by molar-refractivity contribution is -0.150. The fraction of sp³-hybridized carbons (Fsp3) is 0.275. The van der Waals surface area contributed by atoms with E-state index < -0.39 is 23.9 Å². The maximum atomic E-state index is 13.2. The number of unbranched alkanes of at least 4 members (excludes halogenated alkanes) is 1. The Morgan fingerprint density at radius 3 is 2.00 bits per heavy atom. The van der Waals surface area contributed by atoms with Gasteiger partial charge in [0, 0.05) is 23.9 Å². The molecule has 52 heavy (non-hydrogen) atoms. The van der Waals surface area contributed by atoms with Crippen LogP contribution >= 0.6 is 0 Å². The number of carbonyl (C=O) groups excluding carboxylic acids is 4. The van der Waals surface area contributed by atoms with Gasteiger partial charge >= 0.3 is 23.9 Å². The minimum Gasteiger partial charge on any atom is -0.464 e. The first-order valence-corrected chi connectivity index (χ1v) is 16.6. The van der Waals surface area contributed by atoms with Crippen LogP contribution in [-0.4, -0.2) is 63.9 Å². The van der Waals surface area contributed by atoms with E-state index in [0.29, 0.717) is 46.4 Å². The highest BCUT2D eigenvalue weighted by Gasteiger charge is 2.32. The van der Waals surface area contributed by atoms with Crippen LogP contribution in [0.25, 0.3) is 22.8 Å². The van der Waals surface area contributed by atoms with Gasteiger partial charge in [0.2, 0.25) is 0 Å². The summed E-state index contributed by atoms with van der Waals surface area (Å²) in [7, 11) is 1.82. The van der Waals surface area contributed by atoms with Crippen molar-refractivity contribution in [2.45, 2.75) is 32.6 Å². The molecule has 12 nitrogen and oxygen atoms in total. The summed E-state index contributed by atoms with van der Waals surface area (Å²) in [6, 6.07) is 24.9. The Bertz CT molecular complexity index is 2000. The molecule has 0 spiro atoms. The molecule has 0 amide bonds. The van der Waals surface area contributed by atoms with Gasteiger partial charge in [-0.25, -0.2) is 9.59 Å². The number of benzene rings is 3. The molecule has 12 heteroatoms. The highest BCUT2D eigenvalue weighted by Crippen LogP contribution is 2.47. The maximum absolute atomic E-state index is 13.2. The van der Waals surface area contributed by atoms with E-state index in [1.54, 1.807) is 54.6 Å². The van der Waals surface area contributed by atoms with Crippen LogP contribution < -0.4 is 4.90 Å². The van der Waals surface area contributed by atoms with E-state index in [0.717, 1.165) is 12.1 Å². The molecule has 0 unspecified atom stereocenters. The molecule has 0 atom stereocenters. The first-order valence-electron chi connectivity index (χ1n) is 16.6. The number of fused-ring (bicyclic) bond motifs is 3. The molecular weight excluding hydrogens is 664 g/mol. The molecule has 4 rings (SSSR count). The number of carbonyl (C=O) groups is 4. The average molecular weight is 701 g/mol. The smallest absolute Gasteiger partial charge is 0.349 e. The standard InChI is InChI=1S/C40H36N4O8/c1-3-4-19-51-40(48)34(26-43)38-31-9-6-5-8-30(31)37-32(38)10-7-11-33(37)39(47)52-22-21-50-36(46)17-16-35(45)49-20-18-44(2)29-14-12-27(13-15-29)23-28(24-41)25-42/h5-15,23H,3-4,16-22H2,1-2H3/b38-34+. The second-order valence-electron chi connectivity index (χ2n) is 11.5. The summed E-state index contributed by atoms with van der Waals surface area (Å²) in [6.45, 7) is 2.16. The molecule has 0 N–H and O–H groups in total. The van der Waals surface area contributed by atoms with E-state index in [2.05, 4.69) is 0 Å². The number of rotatable bonds is 16. The number of nitrogens with zero attached hydrogens (tertiary/aromatic N) is 4. The summed E-state index contributed by atoms with van der Waals surface area (Å²) in [6.07, 6.45) is 2.57. The minimum atomic E-state index is -0.730. The van der Waals surface area contributed by atoms with Gasteiger partial charge in [-0.05, 0) is 52.9 Å². The molecule has 0 fully saturated rings. The van der Waals surface area contributed by atoms with Crippen LogP contribution in [-0.2, 0) is 33.3 Å². The highest BCUT2D eigenvalue weighted by molar-refractivity contribution is 6.15. The summed E-state index contributed by atoms with van der Waals surface area (Å²) in [4.78, 5) is 52.4. The normalized spacial score (nSPS) is 11.7. The molecule has 264 valence electrons. The van der Waals surface area contributed by atoms with Crippen molar-refractivity contribution in [2.75, 3.05) is 44.9 Å². The Morgan fingerprint density at radius 2 is 1.35 bits per heavy atom. The Hall–Kier alpha value is -6.71. The van der Waals surface area contributed by atoms with Gasteiger partial charge in [0.05, 0.1) is 31.6 Å². The predicted octanol–water partition coefficient (Wildman–Crippen LogP) is 5.93. The fourth-order valence-corrected chi connectivity index (χ4v) is 5.36. The highest BCUT2D eigenvalue weighted by atomic mass is 16.6. The van der Waals surface area contributed by atoms with Crippen molar-refractivity contribution < 1.29 is 38.1 Å². The van der Waals surface area contributed by atoms with Gasteiger partial charge in [-0.2, -0.15) is 15.8 Å². The van der Waals surface area contributed by atoms with Crippen LogP contribution in [0.5, 0.6) is 0 Å². The summed E-state index contributed by atoms with van der Waals surface area (Å²) >= 11 is 0. The third kappa shape index (κ3) is 9.71. The molecular formula is C40H36N4O8.